The van der Waals surface area contributed by atoms with Gasteiger partial charge < -0.3 is 0 Å². The van der Waals surface area contributed by atoms with Gasteiger partial charge in [0.2, 0.25) is 0 Å². The summed E-state index contributed by atoms with van der Waals surface area (Å²) in [6, 6.07) is 7.72. The summed E-state index contributed by atoms with van der Waals surface area (Å²) in [5, 5.41) is 4.87. The summed E-state index contributed by atoms with van der Waals surface area (Å²) in [6.45, 7) is 0. The van der Waals surface area contributed by atoms with Crippen molar-refractivity contribution >= 4 is 110 Å². The number of halogens is 2. The van der Waals surface area contributed by atoms with Gasteiger partial charge in [0.25, 0.3) is 0 Å². The molecule has 3 aromatic carbocycles. The van der Waals surface area contributed by atoms with Gasteiger partial charge in [0, 0.05) is 41.7 Å². The highest BCUT2D eigenvalue weighted by atomic mass is 127. The third-order valence-corrected chi connectivity index (χ3v) is 7.89. The van der Waals surface area contributed by atoms with Crippen LogP contribution in [0.15, 0.2) is 33.9 Å². The van der Waals surface area contributed by atoms with Crippen LogP contribution in [0, 0.1) is 5.77 Å². The number of hydrogen-bond donors (Lipinski definition) is 0. The van der Waals surface area contributed by atoms with E-state index in [1.165, 1.54) is 0 Å². The van der Waals surface area contributed by atoms with E-state index in [1.54, 1.807) is 22.7 Å². The number of rotatable bonds is 0. The summed E-state index contributed by atoms with van der Waals surface area (Å²) in [6.07, 6.45) is 0. The summed E-state index contributed by atoms with van der Waals surface area (Å²) in [5.74, 6) is 0. The van der Waals surface area contributed by atoms with Gasteiger partial charge in [0.1, 0.15) is 0 Å². The predicted octanol–water partition coefficient (Wildman–Crippen LogP) is 5.23. The molecule has 0 fully saturated rings. The molecule has 22 heavy (non-hydrogen) atoms. The summed E-state index contributed by atoms with van der Waals surface area (Å²) in [4.78, 5) is 25.2. The zero-order valence-corrected chi connectivity index (χ0v) is 16.6. The van der Waals surface area contributed by atoms with Crippen molar-refractivity contribution < 1.29 is 0 Å². The SMILES string of the molecule is O=c1c2cc3c(cc2c2sc(I)cc12)c(=O)c1cc(I)sc13. The van der Waals surface area contributed by atoms with Crippen LogP contribution >= 0.6 is 67.9 Å². The maximum absolute atomic E-state index is 12.6. The summed E-state index contributed by atoms with van der Waals surface area (Å²) in [5.41, 5.74) is 0.165. The molecular weight excluding hydrogens is 542 g/mol. The van der Waals surface area contributed by atoms with E-state index in [-0.39, 0.29) is 10.9 Å². The first-order chi connectivity index (χ1) is 10.5. The Morgan fingerprint density at radius 1 is 0.591 bits per heavy atom. The van der Waals surface area contributed by atoms with E-state index in [0.29, 0.717) is 0 Å². The van der Waals surface area contributed by atoms with E-state index in [9.17, 15) is 9.59 Å². The Morgan fingerprint density at radius 2 is 1.00 bits per heavy atom. The average molecular weight is 546 g/mol. The molecule has 6 heteroatoms. The molecule has 0 atom stereocenters. The van der Waals surface area contributed by atoms with E-state index in [1.807, 2.05) is 24.3 Å². The summed E-state index contributed by atoms with van der Waals surface area (Å²) in [7, 11) is 0. The smallest absolute Gasteiger partial charge is 0.195 e. The van der Waals surface area contributed by atoms with Crippen molar-refractivity contribution in [2.24, 2.45) is 0 Å². The van der Waals surface area contributed by atoms with Gasteiger partial charge in [-0.05, 0) is 69.4 Å². The van der Waals surface area contributed by atoms with Gasteiger partial charge in [-0.3, -0.25) is 9.59 Å². The fourth-order valence-electron chi connectivity index (χ4n) is 3.10. The maximum atomic E-state index is 12.6. The standard InChI is InChI=1S/C16H4I2O2S2/c17-11-4-10-14(20)6-2-8-5(1-7(6)15(10)21-11)13(19)9-3-12(18)22-16(8)9/h1-4H. The molecule has 0 N–H and O–H groups in total. The number of fused-ring (bicyclic) bond motifs is 6. The van der Waals surface area contributed by atoms with Crippen LogP contribution in [0.5, 0.6) is 0 Å². The molecule has 0 aliphatic heterocycles. The second-order valence-corrected chi connectivity index (χ2v) is 11.1. The quantitative estimate of drug-likeness (QED) is 0.250. The molecule has 0 radical (unpaired) electrons. The minimum absolute atomic E-state index is 0.0825. The number of hydrogen-bond acceptors (Lipinski definition) is 4. The average Bonchev–Trinajstić information content (AvgIpc) is 3.17. The van der Waals surface area contributed by atoms with E-state index >= 15 is 0 Å². The van der Waals surface area contributed by atoms with Crippen LogP contribution in [0.1, 0.15) is 0 Å². The van der Waals surface area contributed by atoms with Crippen molar-refractivity contribution in [3.63, 3.8) is 0 Å². The van der Waals surface area contributed by atoms with Gasteiger partial charge in [-0.15, -0.1) is 22.7 Å². The Labute approximate surface area is 158 Å². The largest absolute Gasteiger partial charge is 0.289 e. The fraction of sp³-hybridized carbons (Fsp3) is 0. The molecular formula is C16H4I2O2S2. The van der Waals surface area contributed by atoms with Gasteiger partial charge in [-0.25, -0.2) is 0 Å². The highest BCUT2D eigenvalue weighted by Crippen LogP contribution is 2.38. The second-order valence-electron chi connectivity index (χ2n) is 5.19. The van der Waals surface area contributed by atoms with Crippen LogP contribution in [-0.4, -0.2) is 0 Å². The monoisotopic (exact) mass is 546 g/mol. The number of thiophene rings is 2. The topological polar surface area (TPSA) is 34.1 Å². The van der Waals surface area contributed by atoms with Gasteiger partial charge in [0.15, 0.2) is 10.9 Å². The molecule has 0 saturated heterocycles. The van der Waals surface area contributed by atoms with Crippen molar-refractivity contribution in [1.29, 1.82) is 0 Å². The summed E-state index contributed by atoms with van der Waals surface area (Å²) < 4.78 is 4.21. The molecule has 0 aliphatic rings. The number of benzene rings is 1. The Morgan fingerprint density at radius 3 is 1.41 bits per heavy atom. The molecule has 0 spiro atoms. The third-order valence-electron chi connectivity index (χ3n) is 4.03. The molecule has 5 aromatic rings. The second kappa shape index (κ2) is 4.49. The predicted molar refractivity (Wildman–Crippen MR) is 113 cm³/mol. The molecule has 0 aliphatic carbocycles. The first-order valence-corrected chi connectivity index (χ1v) is 10.2. The van der Waals surface area contributed by atoms with Crippen molar-refractivity contribution in [2.75, 3.05) is 0 Å². The maximum Gasteiger partial charge on any atom is 0.195 e. The molecule has 2 aromatic heterocycles. The highest BCUT2D eigenvalue weighted by molar-refractivity contribution is 14.1. The van der Waals surface area contributed by atoms with Crippen LogP contribution in [0.3, 0.4) is 0 Å². The minimum atomic E-state index is 0.0825. The molecule has 2 nitrogen and oxygen atoms in total. The molecule has 0 amide bonds. The Balaban J connectivity index is 2.11. The Kier molecular flexibility index (Phi) is 2.82. The van der Waals surface area contributed by atoms with Gasteiger partial charge >= 0.3 is 0 Å². The molecule has 5 rings (SSSR count). The molecule has 106 valence electrons. The zero-order valence-electron chi connectivity index (χ0n) is 10.7. The van der Waals surface area contributed by atoms with E-state index in [0.717, 1.165) is 47.5 Å². The third kappa shape index (κ3) is 1.64. The first-order valence-electron chi connectivity index (χ1n) is 6.41. The lowest BCUT2D eigenvalue weighted by molar-refractivity contribution is 1.85. The highest BCUT2D eigenvalue weighted by Gasteiger charge is 2.18. The Hall–Kier alpha value is -0.580. The minimum Gasteiger partial charge on any atom is -0.289 e. The van der Waals surface area contributed by atoms with Crippen molar-refractivity contribution in [2.45, 2.75) is 0 Å². The van der Waals surface area contributed by atoms with E-state index < -0.39 is 0 Å². The molecule has 0 saturated carbocycles. The van der Waals surface area contributed by atoms with E-state index in [2.05, 4.69) is 45.2 Å². The molecule has 2 heterocycles. The van der Waals surface area contributed by atoms with Gasteiger partial charge in [0.05, 0.1) is 5.77 Å². The lowest BCUT2D eigenvalue weighted by atomic mass is 10.1. The molecule has 0 unspecified atom stereocenters. The van der Waals surface area contributed by atoms with Gasteiger partial charge in [-0.1, -0.05) is 0 Å². The normalized spacial score (nSPS) is 12.5. The van der Waals surface area contributed by atoms with Crippen molar-refractivity contribution in [3.05, 3.63) is 50.5 Å². The molecule has 0 bridgehead atoms. The fourth-order valence-corrected chi connectivity index (χ4v) is 6.87. The van der Waals surface area contributed by atoms with Gasteiger partial charge in [-0.2, -0.15) is 0 Å². The van der Waals surface area contributed by atoms with Crippen molar-refractivity contribution in [3.8, 4) is 0 Å². The Bertz CT molecular complexity index is 1230. The van der Waals surface area contributed by atoms with Crippen molar-refractivity contribution in [1.82, 2.24) is 0 Å². The van der Waals surface area contributed by atoms with Crippen LogP contribution in [0.4, 0.5) is 0 Å². The zero-order chi connectivity index (χ0) is 15.2. The van der Waals surface area contributed by atoms with Crippen LogP contribution in [0.2, 0.25) is 0 Å². The first kappa shape index (κ1) is 13.8. The van der Waals surface area contributed by atoms with Crippen LogP contribution in [-0.2, 0) is 0 Å². The summed E-state index contributed by atoms with van der Waals surface area (Å²) >= 11 is 7.70. The lowest BCUT2D eigenvalue weighted by Gasteiger charge is -1.92. The van der Waals surface area contributed by atoms with E-state index in [4.69, 9.17) is 0 Å². The van der Waals surface area contributed by atoms with Crippen LogP contribution < -0.4 is 10.9 Å². The van der Waals surface area contributed by atoms with Crippen LogP contribution in [0.25, 0.3) is 41.7 Å². The lowest BCUT2D eigenvalue weighted by Crippen LogP contribution is -1.95.